The first-order chi connectivity index (χ1) is 8.49. The number of aliphatic hydroxyl groups excluding tert-OH is 1. The Labute approximate surface area is 102 Å². The van der Waals surface area contributed by atoms with Crippen molar-refractivity contribution in [3.05, 3.63) is 35.7 Å². The first kappa shape index (κ1) is 13.7. The molecule has 0 aromatic heterocycles. The molecule has 5 nitrogen and oxygen atoms in total. The second-order valence-electron chi connectivity index (χ2n) is 3.23. The number of carbonyl (C=O) groups is 2. The number of hydrogen-bond donors (Lipinski definition) is 1. The van der Waals surface area contributed by atoms with Crippen LogP contribution in [0.2, 0.25) is 0 Å². The molecule has 0 saturated heterocycles. The Hall–Kier alpha value is -2.37. The molecule has 0 unspecified atom stereocenters. The van der Waals surface area contributed by atoms with E-state index in [1.165, 1.54) is 19.2 Å². The van der Waals surface area contributed by atoms with E-state index in [1.807, 2.05) is 0 Å². The van der Waals surface area contributed by atoms with Crippen LogP contribution in [0.1, 0.15) is 5.56 Å². The quantitative estimate of drug-likeness (QED) is 0.381. The number of benzene rings is 1. The standard InChI is InChI=1S/C12H11FO5/c1-17-7-3-4-8(9(13)5-7)10(14)6-11(15)12(16)18-2/h3-6,14H,1-2H3. The molecule has 1 N–H and O–H groups in total. The molecular formula is C12H11FO5. The number of esters is 1. The molecule has 0 spiro atoms. The van der Waals surface area contributed by atoms with Gasteiger partial charge in [0, 0.05) is 12.1 Å². The van der Waals surface area contributed by atoms with Crippen molar-refractivity contribution < 1.29 is 28.6 Å². The van der Waals surface area contributed by atoms with Crippen molar-refractivity contribution in [2.45, 2.75) is 0 Å². The van der Waals surface area contributed by atoms with Gasteiger partial charge in [0.2, 0.25) is 0 Å². The Morgan fingerprint density at radius 1 is 1.33 bits per heavy atom. The minimum absolute atomic E-state index is 0.215. The zero-order chi connectivity index (χ0) is 13.7. The maximum absolute atomic E-state index is 13.5. The van der Waals surface area contributed by atoms with Gasteiger partial charge in [-0.1, -0.05) is 0 Å². The normalized spacial score (nSPS) is 10.9. The Morgan fingerprint density at radius 3 is 2.50 bits per heavy atom. The minimum Gasteiger partial charge on any atom is -0.507 e. The molecular weight excluding hydrogens is 243 g/mol. The molecule has 0 amide bonds. The SMILES string of the molecule is COC(=O)C(=O)C=C(O)c1ccc(OC)cc1F. The Bertz CT molecular complexity index is 507. The van der Waals surface area contributed by atoms with Gasteiger partial charge in [-0.3, -0.25) is 4.79 Å². The predicted octanol–water partition coefficient (Wildman–Crippen LogP) is 1.48. The average Bonchev–Trinajstić information content (AvgIpc) is 2.37. The van der Waals surface area contributed by atoms with Crippen LogP contribution in [0.4, 0.5) is 4.39 Å². The number of ketones is 1. The van der Waals surface area contributed by atoms with E-state index in [-0.39, 0.29) is 11.3 Å². The maximum atomic E-state index is 13.5. The van der Waals surface area contributed by atoms with E-state index in [1.54, 1.807) is 0 Å². The van der Waals surface area contributed by atoms with Crippen LogP contribution >= 0.6 is 0 Å². The molecule has 1 aromatic rings. The summed E-state index contributed by atoms with van der Waals surface area (Å²) >= 11 is 0. The van der Waals surface area contributed by atoms with Crippen molar-refractivity contribution >= 4 is 17.5 Å². The van der Waals surface area contributed by atoms with E-state index in [9.17, 15) is 19.1 Å². The number of aliphatic hydroxyl groups is 1. The summed E-state index contributed by atoms with van der Waals surface area (Å²) in [5.41, 5.74) is -0.215. The molecule has 96 valence electrons. The van der Waals surface area contributed by atoms with Crippen molar-refractivity contribution in [1.82, 2.24) is 0 Å². The summed E-state index contributed by atoms with van der Waals surface area (Å²) in [5, 5.41) is 9.53. The predicted molar refractivity (Wildman–Crippen MR) is 60.6 cm³/mol. The fourth-order valence-corrected chi connectivity index (χ4v) is 1.19. The van der Waals surface area contributed by atoms with Gasteiger partial charge in [0.05, 0.1) is 19.8 Å². The summed E-state index contributed by atoms with van der Waals surface area (Å²) in [4.78, 5) is 22.0. The van der Waals surface area contributed by atoms with E-state index in [0.717, 1.165) is 13.2 Å². The molecule has 0 saturated carbocycles. The van der Waals surface area contributed by atoms with Crippen molar-refractivity contribution in [2.24, 2.45) is 0 Å². The molecule has 0 atom stereocenters. The lowest BCUT2D eigenvalue weighted by Gasteiger charge is -2.04. The molecule has 18 heavy (non-hydrogen) atoms. The number of halogens is 1. The van der Waals surface area contributed by atoms with E-state index in [2.05, 4.69) is 4.74 Å². The summed E-state index contributed by atoms with van der Waals surface area (Å²) in [6, 6.07) is 3.68. The van der Waals surface area contributed by atoms with Gasteiger partial charge < -0.3 is 14.6 Å². The fraction of sp³-hybridized carbons (Fsp3) is 0.167. The summed E-state index contributed by atoms with van der Waals surface area (Å²) < 4.78 is 22.5. The van der Waals surface area contributed by atoms with Crippen LogP contribution in [0.25, 0.3) is 5.76 Å². The van der Waals surface area contributed by atoms with Crippen molar-refractivity contribution in [3.63, 3.8) is 0 Å². The number of methoxy groups -OCH3 is 2. The molecule has 0 aliphatic heterocycles. The van der Waals surface area contributed by atoms with Gasteiger partial charge in [-0.05, 0) is 12.1 Å². The summed E-state index contributed by atoms with van der Waals surface area (Å²) in [6.07, 6.45) is 0.594. The summed E-state index contributed by atoms with van der Waals surface area (Å²) in [5.74, 6) is -3.39. The second kappa shape index (κ2) is 5.81. The van der Waals surface area contributed by atoms with E-state index < -0.39 is 23.3 Å². The molecule has 0 bridgehead atoms. The lowest BCUT2D eigenvalue weighted by Crippen LogP contribution is -2.13. The molecule has 0 heterocycles. The zero-order valence-electron chi connectivity index (χ0n) is 9.77. The summed E-state index contributed by atoms with van der Waals surface area (Å²) in [7, 11) is 2.39. The lowest BCUT2D eigenvalue weighted by molar-refractivity contribution is -0.149. The Balaban J connectivity index is 3.04. The highest BCUT2D eigenvalue weighted by Gasteiger charge is 2.15. The van der Waals surface area contributed by atoms with Crippen LogP contribution in [0.5, 0.6) is 5.75 Å². The zero-order valence-corrected chi connectivity index (χ0v) is 9.77. The van der Waals surface area contributed by atoms with Gasteiger partial charge in [0.25, 0.3) is 5.78 Å². The Morgan fingerprint density at radius 2 is 2.00 bits per heavy atom. The molecule has 0 aliphatic carbocycles. The first-order valence-corrected chi connectivity index (χ1v) is 4.86. The third kappa shape index (κ3) is 3.07. The van der Waals surface area contributed by atoms with Gasteiger partial charge in [0.15, 0.2) is 0 Å². The van der Waals surface area contributed by atoms with E-state index in [0.29, 0.717) is 6.08 Å². The van der Waals surface area contributed by atoms with Gasteiger partial charge in [-0.2, -0.15) is 0 Å². The summed E-state index contributed by atoms with van der Waals surface area (Å²) in [6.45, 7) is 0. The van der Waals surface area contributed by atoms with Crippen LogP contribution in [-0.4, -0.2) is 31.1 Å². The average molecular weight is 254 g/mol. The number of rotatable bonds is 4. The van der Waals surface area contributed by atoms with Crippen LogP contribution in [0.3, 0.4) is 0 Å². The number of hydrogen-bond acceptors (Lipinski definition) is 5. The maximum Gasteiger partial charge on any atom is 0.378 e. The fourth-order valence-electron chi connectivity index (χ4n) is 1.19. The highest BCUT2D eigenvalue weighted by Crippen LogP contribution is 2.21. The number of ether oxygens (including phenoxy) is 2. The van der Waals surface area contributed by atoms with E-state index >= 15 is 0 Å². The molecule has 0 fully saturated rings. The van der Waals surface area contributed by atoms with Gasteiger partial charge in [-0.15, -0.1) is 0 Å². The van der Waals surface area contributed by atoms with Crippen LogP contribution < -0.4 is 4.74 Å². The molecule has 0 aliphatic rings. The van der Waals surface area contributed by atoms with Gasteiger partial charge in [0.1, 0.15) is 17.3 Å². The Kier molecular flexibility index (Phi) is 4.42. The lowest BCUT2D eigenvalue weighted by atomic mass is 10.1. The topological polar surface area (TPSA) is 72.8 Å². The molecule has 6 heteroatoms. The molecule has 1 rings (SSSR count). The number of carbonyl (C=O) groups excluding carboxylic acids is 2. The first-order valence-electron chi connectivity index (χ1n) is 4.86. The molecule has 0 radical (unpaired) electrons. The van der Waals surface area contributed by atoms with Crippen molar-refractivity contribution in [1.29, 1.82) is 0 Å². The third-order valence-electron chi connectivity index (χ3n) is 2.11. The van der Waals surface area contributed by atoms with Gasteiger partial charge >= 0.3 is 5.97 Å². The highest BCUT2D eigenvalue weighted by atomic mass is 19.1. The van der Waals surface area contributed by atoms with Crippen molar-refractivity contribution in [2.75, 3.05) is 14.2 Å². The van der Waals surface area contributed by atoms with Crippen LogP contribution in [0.15, 0.2) is 24.3 Å². The highest BCUT2D eigenvalue weighted by molar-refractivity contribution is 6.39. The molecule has 1 aromatic carbocycles. The van der Waals surface area contributed by atoms with Crippen molar-refractivity contribution in [3.8, 4) is 5.75 Å². The smallest absolute Gasteiger partial charge is 0.378 e. The minimum atomic E-state index is -1.14. The van der Waals surface area contributed by atoms with Crippen LogP contribution in [0, 0.1) is 5.82 Å². The van der Waals surface area contributed by atoms with Gasteiger partial charge in [-0.25, -0.2) is 9.18 Å². The van der Waals surface area contributed by atoms with E-state index in [4.69, 9.17) is 4.74 Å². The largest absolute Gasteiger partial charge is 0.507 e. The second-order valence-corrected chi connectivity index (χ2v) is 3.23. The third-order valence-corrected chi connectivity index (χ3v) is 2.11. The van der Waals surface area contributed by atoms with Crippen LogP contribution in [-0.2, 0) is 14.3 Å². The monoisotopic (exact) mass is 254 g/mol.